The molecule has 1 unspecified atom stereocenters. The summed E-state index contributed by atoms with van der Waals surface area (Å²) in [5, 5.41) is 0. The summed E-state index contributed by atoms with van der Waals surface area (Å²) >= 11 is 0. The van der Waals surface area contributed by atoms with Gasteiger partial charge in [-0.25, -0.2) is 0 Å². The van der Waals surface area contributed by atoms with Crippen LogP contribution in [0.15, 0.2) is 54.6 Å². The molecule has 10 heteroatoms. The number of methoxy groups -OCH3 is 1. The van der Waals surface area contributed by atoms with E-state index in [9.17, 15) is 39.5 Å². The fourth-order valence-electron chi connectivity index (χ4n) is 4.39. The van der Waals surface area contributed by atoms with Crippen LogP contribution < -0.4 is 4.74 Å². The molecule has 0 saturated heterocycles. The first-order valence-corrected chi connectivity index (χ1v) is 12.1. The van der Waals surface area contributed by atoms with Crippen molar-refractivity contribution in [3.63, 3.8) is 0 Å². The van der Waals surface area contributed by atoms with E-state index in [0.29, 0.717) is 29.0 Å². The van der Waals surface area contributed by atoms with Crippen molar-refractivity contribution in [3.8, 4) is 16.9 Å². The summed E-state index contributed by atoms with van der Waals surface area (Å²) in [6, 6.07) is 9.93. The van der Waals surface area contributed by atoms with Crippen LogP contribution in [0.3, 0.4) is 0 Å². The van der Waals surface area contributed by atoms with Crippen LogP contribution in [0.2, 0.25) is 0 Å². The Balaban J connectivity index is 2.07. The predicted octanol–water partition coefficient (Wildman–Crippen LogP) is 10.3. The van der Waals surface area contributed by atoms with E-state index in [1.165, 1.54) is 13.2 Å². The first-order valence-electron chi connectivity index (χ1n) is 12.1. The molecule has 0 N–H and O–H groups in total. The Bertz CT molecular complexity index is 1270. The number of aryl methyl sites for hydroxylation is 1. The minimum Gasteiger partial charge on any atom is -0.496 e. The largest absolute Gasteiger partial charge is 0.496 e. The van der Waals surface area contributed by atoms with Crippen molar-refractivity contribution in [2.24, 2.45) is 0 Å². The molecule has 0 aliphatic rings. The van der Waals surface area contributed by atoms with Crippen molar-refractivity contribution in [2.45, 2.75) is 64.0 Å². The number of rotatable bonds is 7. The monoisotopic (exact) mass is 562 g/mol. The number of hydrogen-bond acceptors (Lipinski definition) is 1. The van der Waals surface area contributed by atoms with Gasteiger partial charge in [0, 0.05) is 5.56 Å². The molecule has 0 saturated carbocycles. The van der Waals surface area contributed by atoms with Gasteiger partial charge in [-0.2, -0.15) is 39.5 Å². The van der Waals surface area contributed by atoms with Gasteiger partial charge < -0.3 is 4.74 Å². The van der Waals surface area contributed by atoms with E-state index in [-0.39, 0.29) is 36.0 Å². The Hall–Kier alpha value is -3.17. The summed E-state index contributed by atoms with van der Waals surface area (Å²) in [5.74, 6) is -0.132. The van der Waals surface area contributed by atoms with Crippen LogP contribution in [-0.2, 0) is 24.9 Å². The molecule has 1 nitrogen and oxygen atoms in total. The SMILES string of the molecule is COc1ccc(C(C)C)cc1-c1ccc(C(F)(F)F)cc1C(C)CCc1cc(C(F)(F)F)cc(C(F)(F)F)c1. The quantitative estimate of drug-likeness (QED) is 0.260. The van der Waals surface area contributed by atoms with Gasteiger partial charge in [0.05, 0.1) is 23.8 Å². The summed E-state index contributed by atoms with van der Waals surface area (Å²) in [4.78, 5) is 0. The maximum Gasteiger partial charge on any atom is 0.416 e. The summed E-state index contributed by atoms with van der Waals surface area (Å²) in [5.41, 5.74) is -1.85. The van der Waals surface area contributed by atoms with E-state index in [4.69, 9.17) is 4.74 Å². The van der Waals surface area contributed by atoms with Crippen molar-refractivity contribution < 1.29 is 44.3 Å². The predicted molar refractivity (Wildman–Crippen MR) is 131 cm³/mol. The van der Waals surface area contributed by atoms with Gasteiger partial charge in [-0.05, 0) is 89.4 Å². The second kappa shape index (κ2) is 11.1. The number of alkyl halides is 9. The average Bonchev–Trinajstić information content (AvgIpc) is 2.84. The third kappa shape index (κ3) is 7.28. The normalized spacial score (nSPS) is 13.6. The zero-order chi connectivity index (χ0) is 29.3. The lowest BCUT2D eigenvalue weighted by Gasteiger charge is -2.22. The van der Waals surface area contributed by atoms with E-state index in [2.05, 4.69) is 0 Å². The van der Waals surface area contributed by atoms with Crippen LogP contribution in [-0.4, -0.2) is 7.11 Å². The van der Waals surface area contributed by atoms with E-state index >= 15 is 0 Å². The van der Waals surface area contributed by atoms with Gasteiger partial charge >= 0.3 is 18.5 Å². The van der Waals surface area contributed by atoms with E-state index in [1.54, 1.807) is 13.0 Å². The summed E-state index contributed by atoms with van der Waals surface area (Å²) in [6.45, 7) is 5.49. The third-order valence-electron chi connectivity index (χ3n) is 6.60. The molecule has 0 radical (unpaired) electrons. The molecule has 0 aliphatic carbocycles. The van der Waals surface area contributed by atoms with Gasteiger partial charge in [-0.1, -0.05) is 32.9 Å². The molecule has 0 aliphatic heterocycles. The number of ether oxygens (including phenoxy) is 1. The molecular weight excluding hydrogens is 535 g/mol. The van der Waals surface area contributed by atoms with Crippen molar-refractivity contribution in [2.75, 3.05) is 7.11 Å². The van der Waals surface area contributed by atoms with Crippen LogP contribution in [0.25, 0.3) is 11.1 Å². The highest BCUT2D eigenvalue weighted by Crippen LogP contribution is 2.42. The number of hydrogen-bond donors (Lipinski definition) is 0. The maximum absolute atomic E-state index is 13.6. The zero-order valence-electron chi connectivity index (χ0n) is 21.6. The molecule has 3 rings (SSSR count). The van der Waals surface area contributed by atoms with Gasteiger partial charge in [0.2, 0.25) is 0 Å². The number of halogens is 9. The van der Waals surface area contributed by atoms with Crippen molar-refractivity contribution in [3.05, 3.63) is 88.0 Å². The van der Waals surface area contributed by atoms with Crippen molar-refractivity contribution in [1.29, 1.82) is 0 Å². The Labute approximate surface area is 220 Å². The van der Waals surface area contributed by atoms with Gasteiger partial charge in [-0.3, -0.25) is 0 Å². The lowest BCUT2D eigenvalue weighted by molar-refractivity contribution is -0.143. The summed E-state index contributed by atoms with van der Waals surface area (Å²) in [7, 11) is 1.42. The third-order valence-corrected chi connectivity index (χ3v) is 6.60. The minimum absolute atomic E-state index is 0.000888. The standard InChI is InChI=1S/C29H27F9O/c1-16(2)19-7-10-26(39-4)25(13-19)23-9-8-20(27(30,31)32)15-24(23)17(3)5-6-18-11-21(28(33,34)35)14-22(12-18)29(36,37)38/h7-17H,5-6H2,1-4H3. The minimum atomic E-state index is -4.99. The van der Waals surface area contributed by atoms with Crippen LogP contribution in [0.5, 0.6) is 5.75 Å². The summed E-state index contributed by atoms with van der Waals surface area (Å²) in [6.07, 6.45) is -14.9. The number of benzene rings is 3. The highest BCUT2D eigenvalue weighted by molar-refractivity contribution is 5.75. The summed E-state index contributed by atoms with van der Waals surface area (Å²) < 4.78 is 126. The van der Waals surface area contributed by atoms with Crippen LogP contribution >= 0.6 is 0 Å². The Morgan fingerprint density at radius 2 is 1.21 bits per heavy atom. The first kappa shape index (κ1) is 30.4. The molecule has 0 aromatic heterocycles. The van der Waals surface area contributed by atoms with Crippen LogP contribution in [0.4, 0.5) is 39.5 Å². The Morgan fingerprint density at radius 3 is 1.69 bits per heavy atom. The lowest BCUT2D eigenvalue weighted by Crippen LogP contribution is -2.12. The van der Waals surface area contributed by atoms with Gasteiger partial charge in [0.1, 0.15) is 5.75 Å². The molecule has 0 heterocycles. The second-order valence-electron chi connectivity index (χ2n) is 9.77. The van der Waals surface area contributed by atoms with E-state index < -0.39 is 41.1 Å². The molecule has 1 atom stereocenters. The average molecular weight is 563 g/mol. The molecule has 39 heavy (non-hydrogen) atoms. The highest BCUT2D eigenvalue weighted by Gasteiger charge is 2.37. The fourth-order valence-corrected chi connectivity index (χ4v) is 4.39. The van der Waals surface area contributed by atoms with Crippen molar-refractivity contribution >= 4 is 0 Å². The zero-order valence-corrected chi connectivity index (χ0v) is 21.6. The maximum atomic E-state index is 13.6. The molecule has 3 aromatic carbocycles. The Kier molecular flexibility index (Phi) is 8.67. The van der Waals surface area contributed by atoms with Crippen LogP contribution in [0, 0.1) is 0 Å². The van der Waals surface area contributed by atoms with Crippen molar-refractivity contribution in [1.82, 2.24) is 0 Å². The van der Waals surface area contributed by atoms with E-state index in [0.717, 1.165) is 17.7 Å². The molecule has 0 bridgehead atoms. The Morgan fingerprint density at radius 1 is 0.641 bits per heavy atom. The van der Waals surface area contributed by atoms with E-state index in [1.807, 2.05) is 26.0 Å². The lowest BCUT2D eigenvalue weighted by atomic mass is 9.85. The smallest absolute Gasteiger partial charge is 0.416 e. The van der Waals surface area contributed by atoms with Gasteiger partial charge in [0.15, 0.2) is 0 Å². The molecular formula is C29H27F9O. The molecule has 3 aromatic rings. The highest BCUT2D eigenvalue weighted by atomic mass is 19.4. The first-order chi connectivity index (χ1) is 17.9. The second-order valence-corrected chi connectivity index (χ2v) is 9.77. The molecule has 0 fully saturated rings. The van der Waals surface area contributed by atoms with Crippen LogP contribution in [0.1, 0.15) is 72.4 Å². The molecule has 0 spiro atoms. The van der Waals surface area contributed by atoms with Gasteiger partial charge in [-0.15, -0.1) is 0 Å². The fraction of sp³-hybridized carbons (Fsp3) is 0.379. The topological polar surface area (TPSA) is 9.23 Å². The molecule has 0 amide bonds. The van der Waals surface area contributed by atoms with Gasteiger partial charge in [0.25, 0.3) is 0 Å². The molecule has 212 valence electrons.